The molecular formula is C30H21BrO9. The van der Waals surface area contributed by atoms with Gasteiger partial charge in [0, 0.05) is 22.8 Å². The highest BCUT2D eigenvalue weighted by Crippen LogP contribution is 2.32. The number of halogens is 1. The van der Waals surface area contributed by atoms with Crippen molar-refractivity contribution < 1.29 is 37.4 Å². The first-order valence-electron chi connectivity index (χ1n) is 12.1. The smallest absolute Gasteiger partial charge is 0.375 e. The Labute approximate surface area is 235 Å². The molecule has 0 fully saturated rings. The lowest BCUT2D eigenvalue weighted by atomic mass is 10.0. The summed E-state index contributed by atoms with van der Waals surface area (Å²) < 4.78 is 28.2. The Bertz CT molecular complexity index is 1860. The lowest BCUT2D eigenvalue weighted by Gasteiger charge is -2.11. The number of furan rings is 1. The van der Waals surface area contributed by atoms with Crippen LogP contribution in [0.25, 0.3) is 33.1 Å². The van der Waals surface area contributed by atoms with Crippen LogP contribution in [0.2, 0.25) is 0 Å². The van der Waals surface area contributed by atoms with Crippen molar-refractivity contribution in [1.82, 2.24) is 0 Å². The molecule has 0 unspecified atom stereocenters. The summed E-state index contributed by atoms with van der Waals surface area (Å²) in [4.78, 5) is 50.9. The van der Waals surface area contributed by atoms with Gasteiger partial charge in [0.15, 0.2) is 0 Å². The number of hydrogen-bond donors (Lipinski definition) is 0. The third kappa shape index (κ3) is 5.13. The zero-order valence-electron chi connectivity index (χ0n) is 21.5. The van der Waals surface area contributed by atoms with Gasteiger partial charge < -0.3 is 23.0 Å². The van der Waals surface area contributed by atoms with Gasteiger partial charge >= 0.3 is 17.9 Å². The van der Waals surface area contributed by atoms with E-state index in [2.05, 4.69) is 15.9 Å². The number of rotatable bonds is 6. The summed E-state index contributed by atoms with van der Waals surface area (Å²) in [5, 5.41) is 0.582. The molecule has 5 rings (SSSR count). The molecule has 10 heteroatoms. The molecule has 0 spiro atoms. The van der Waals surface area contributed by atoms with Crippen LogP contribution in [-0.2, 0) is 9.53 Å². The summed E-state index contributed by atoms with van der Waals surface area (Å²) in [6.07, 6.45) is 0. The Kier molecular flexibility index (Phi) is 7.27. The fourth-order valence-corrected chi connectivity index (χ4v) is 4.56. The third-order valence-corrected chi connectivity index (χ3v) is 6.50. The number of fused-ring (bicyclic) bond motifs is 2. The van der Waals surface area contributed by atoms with Gasteiger partial charge in [-0.2, -0.15) is 0 Å². The van der Waals surface area contributed by atoms with Crippen LogP contribution in [0.5, 0.6) is 11.5 Å². The molecule has 9 nitrogen and oxygen atoms in total. The monoisotopic (exact) mass is 604 g/mol. The molecule has 0 saturated heterocycles. The third-order valence-electron chi connectivity index (χ3n) is 5.97. The fraction of sp³-hybridized carbons (Fsp3) is 0.133. The van der Waals surface area contributed by atoms with Crippen molar-refractivity contribution in [3.05, 3.63) is 92.4 Å². The summed E-state index contributed by atoms with van der Waals surface area (Å²) in [6.45, 7) is 4.60. The van der Waals surface area contributed by atoms with Crippen molar-refractivity contribution in [2.45, 2.75) is 20.8 Å². The fourth-order valence-electron chi connectivity index (χ4n) is 4.30. The Morgan fingerprint density at radius 1 is 0.825 bits per heavy atom. The van der Waals surface area contributed by atoms with Crippen molar-refractivity contribution in [2.24, 2.45) is 0 Å². The predicted octanol–water partition coefficient (Wildman–Crippen LogP) is 6.60. The van der Waals surface area contributed by atoms with E-state index in [0.29, 0.717) is 22.3 Å². The second-order valence-electron chi connectivity index (χ2n) is 8.70. The average molecular weight is 605 g/mol. The number of aryl methyl sites for hydroxylation is 1. The molecule has 0 aliphatic carbocycles. The van der Waals surface area contributed by atoms with Gasteiger partial charge in [-0.3, -0.25) is 9.59 Å². The van der Waals surface area contributed by atoms with Crippen LogP contribution in [0.1, 0.15) is 40.5 Å². The summed E-state index contributed by atoms with van der Waals surface area (Å²) in [7, 11) is 0. The van der Waals surface area contributed by atoms with Crippen molar-refractivity contribution in [1.29, 1.82) is 0 Å². The van der Waals surface area contributed by atoms with E-state index in [0.717, 1.165) is 4.47 Å². The molecule has 0 saturated carbocycles. The number of hydrogen-bond acceptors (Lipinski definition) is 9. The van der Waals surface area contributed by atoms with E-state index in [1.165, 1.54) is 31.2 Å². The predicted molar refractivity (Wildman–Crippen MR) is 149 cm³/mol. The van der Waals surface area contributed by atoms with Crippen molar-refractivity contribution in [2.75, 3.05) is 6.61 Å². The van der Waals surface area contributed by atoms with Gasteiger partial charge in [0.05, 0.1) is 17.6 Å². The van der Waals surface area contributed by atoms with Crippen LogP contribution >= 0.6 is 15.9 Å². The number of carbonyl (C=O) groups excluding carboxylic acids is 3. The van der Waals surface area contributed by atoms with Gasteiger partial charge in [-0.25, -0.2) is 9.59 Å². The first kappa shape index (κ1) is 26.9. The zero-order valence-corrected chi connectivity index (χ0v) is 23.1. The number of carbonyl (C=O) groups is 3. The molecule has 3 aromatic carbocycles. The van der Waals surface area contributed by atoms with E-state index >= 15 is 0 Å². The standard InChI is InChI=1S/C30H21BrO9/c1-4-36-30(35)28-26(17-5-7-18(31)8-6-17)27(33)21-11-9-20(14-24(21)40-28)39-29(34)25-15(2)37-23-12-10-19(13-22(23)25)38-16(3)32/h5-14H,4H2,1-3H3. The molecule has 0 amide bonds. The Morgan fingerprint density at radius 3 is 2.23 bits per heavy atom. The second kappa shape index (κ2) is 10.8. The normalized spacial score (nSPS) is 11.0. The Morgan fingerprint density at radius 2 is 1.52 bits per heavy atom. The maximum absolute atomic E-state index is 13.5. The molecule has 0 atom stereocenters. The van der Waals surface area contributed by atoms with E-state index in [-0.39, 0.29) is 46.0 Å². The number of ether oxygens (including phenoxy) is 3. The molecular weight excluding hydrogens is 584 g/mol. The summed E-state index contributed by atoms with van der Waals surface area (Å²) >= 11 is 3.36. The zero-order chi connectivity index (χ0) is 28.6. The van der Waals surface area contributed by atoms with E-state index < -0.39 is 23.3 Å². The second-order valence-corrected chi connectivity index (χ2v) is 9.61. The van der Waals surface area contributed by atoms with Crippen LogP contribution in [0.15, 0.2) is 78.8 Å². The average Bonchev–Trinajstić information content (AvgIpc) is 3.24. The quantitative estimate of drug-likeness (QED) is 0.156. The number of esters is 3. The molecule has 0 aliphatic rings. The molecule has 202 valence electrons. The van der Waals surface area contributed by atoms with Gasteiger partial charge in [0.2, 0.25) is 11.2 Å². The van der Waals surface area contributed by atoms with Gasteiger partial charge in [0.25, 0.3) is 0 Å². The minimum Gasteiger partial charge on any atom is -0.460 e. The van der Waals surface area contributed by atoms with Crippen molar-refractivity contribution in [3.63, 3.8) is 0 Å². The Hall–Kier alpha value is -4.70. The minimum atomic E-state index is -0.800. The summed E-state index contributed by atoms with van der Waals surface area (Å²) in [5.41, 5.74) is 0.678. The molecule has 0 bridgehead atoms. The molecule has 5 aromatic rings. The van der Waals surface area contributed by atoms with Gasteiger partial charge in [-0.15, -0.1) is 0 Å². The SMILES string of the molecule is CCOC(=O)c1oc2cc(OC(=O)c3c(C)oc4ccc(OC(C)=O)cc34)ccc2c(=O)c1-c1ccc(Br)cc1. The largest absolute Gasteiger partial charge is 0.460 e. The van der Waals surface area contributed by atoms with Gasteiger partial charge in [-0.05, 0) is 61.9 Å². The van der Waals surface area contributed by atoms with E-state index in [4.69, 9.17) is 23.0 Å². The molecule has 0 N–H and O–H groups in total. The first-order valence-corrected chi connectivity index (χ1v) is 12.9. The summed E-state index contributed by atoms with van der Waals surface area (Å²) in [5.74, 6) is -1.70. The first-order chi connectivity index (χ1) is 19.2. The maximum atomic E-state index is 13.5. The molecule has 40 heavy (non-hydrogen) atoms. The van der Waals surface area contributed by atoms with Crippen molar-refractivity contribution >= 4 is 55.8 Å². The van der Waals surface area contributed by atoms with Gasteiger partial charge in [-0.1, -0.05) is 28.1 Å². The van der Waals surface area contributed by atoms with Crippen molar-refractivity contribution in [3.8, 4) is 22.6 Å². The van der Waals surface area contributed by atoms with Crippen LogP contribution in [0, 0.1) is 6.92 Å². The topological polar surface area (TPSA) is 122 Å². The lowest BCUT2D eigenvalue weighted by Crippen LogP contribution is -2.15. The highest BCUT2D eigenvalue weighted by Gasteiger charge is 2.25. The maximum Gasteiger partial charge on any atom is 0.375 e. The van der Waals surface area contributed by atoms with Crippen LogP contribution in [0.4, 0.5) is 0 Å². The van der Waals surface area contributed by atoms with E-state index in [1.54, 1.807) is 50.2 Å². The number of benzene rings is 3. The van der Waals surface area contributed by atoms with E-state index in [1.807, 2.05) is 0 Å². The molecule has 0 radical (unpaired) electrons. The minimum absolute atomic E-state index is 0.0325. The molecule has 2 heterocycles. The van der Waals surface area contributed by atoms with Gasteiger partial charge in [0.1, 0.15) is 34.0 Å². The molecule has 2 aromatic heterocycles. The highest BCUT2D eigenvalue weighted by molar-refractivity contribution is 9.10. The van der Waals surface area contributed by atoms with Crippen LogP contribution in [0.3, 0.4) is 0 Å². The van der Waals surface area contributed by atoms with Crippen LogP contribution in [-0.4, -0.2) is 24.5 Å². The van der Waals surface area contributed by atoms with E-state index in [9.17, 15) is 19.2 Å². The van der Waals surface area contributed by atoms with Crippen LogP contribution < -0.4 is 14.9 Å². The molecule has 0 aliphatic heterocycles. The highest BCUT2D eigenvalue weighted by atomic mass is 79.9. The summed E-state index contributed by atoms with van der Waals surface area (Å²) in [6, 6.07) is 15.8. The Balaban J connectivity index is 1.56. The lowest BCUT2D eigenvalue weighted by molar-refractivity contribution is -0.131.